The molecule has 1 saturated carbocycles. The lowest BCUT2D eigenvalue weighted by Gasteiger charge is -2.13. The van der Waals surface area contributed by atoms with Gasteiger partial charge in [-0.15, -0.1) is 0 Å². The predicted molar refractivity (Wildman–Crippen MR) is 59.3 cm³/mol. The lowest BCUT2D eigenvalue weighted by molar-refractivity contribution is 0.0697. The lowest BCUT2D eigenvalue weighted by Crippen LogP contribution is -2.01. The van der Waals surface area contributed by atoms with Gasteiger partial charge in [0.05, 0.1) is 5.56 Å². The molecule has 0 spiro atoms. The van der Waals surface area contributed by atoms with E-state index in [1.807, 2.05) is 13.0 Å². The number of carboxylic acids is 1. The van der Waals surface area contributed by atoms with Crippen LogP contribution in [0, 0.1) is 6.92 Å². The second-order valence-electron chi connectivity index (χ2n) is 4.36. The largest absolute Gasteiger partial charge is 0.478 e. The molecule has 1 aliphatic carbocycles. The van der Waals surface area contributed by atoms with E-state index in [-0.39, 0.29) is 0 Å². The summed E-state index contributed by atoms with van der Waals surface area (Å²) in [6, 6.07) is 5.51. The van der Waals surface area contributed by atoms with Gasteiger partial charge in [0, 0.05) is 0 Å². The first-order valence-corrected chi connectivity index (χ1v) is 5.52. The van der Waals surface area contributed by atoms with Crippen LogP contribution in [0.3, 0.4) is 0 Å². The summed E-state index contributed by atoms with van der Waals surface area (Å²) in [6.45, 7) is 2.01. The smallest absolute Gasteiger partial charge is 0.335 e. The molecule has 0 bridgehead atoms. The summed E-state index contributed by atoms with van der Waals surface area (Å²) in [7, 11) is 0. The van der Waals surface area contributed by atoms with Crippen LogP contribution in [0.2, 0.25) is 0 Å². The highest BCUT2D eigenvalue weighted by atomic mass is 16.4. The second kappa shape index (κ2) is 4.05. The quantitative estimate of drug-likeness (QED) is 0.802. The minimum Gasteiger partial charge on any atom is -0.478 e. The predicted octanol–water partition coefficient (Wildman–Crippen LogP) is 3.35. The molecule has 1 aromatic rings. The van der Waals surface area contributed by atoms with Crippen molar-refractivity contribution < 1.29 is 9.90 Å². The van der Waals surface area contributed by atoms with Crippen molar-refractivity contribution in [1.29, 1.82) is 0 Å². The molecular formula is C13H16O2. The van der Waals surface area contributed by atoms with Crippen LogP contribution in [-0.4, -0.2) is 11.1 Å². The number of hydrogen-bond acceptors (Lipinski definition) is 1. The maximum atomic E-state index is 10.8. The molecule has 0 amide bonds. The molecule has 0 atom stereocenters. The topological polar surface area (TPSA) is 37.3 Å². The fourth-order valence-corrected chi connectivity index (χ4v) is 2.50. The Labute approximate surface area is 89.9 Å². The second-order valence-corrected chi connectivity index (χ2v) is 4.36. The van der Waals surface area contributed by atoms with Gasteiger partial charge in [0.2, 0.25) is 0 Å². The van der Waals surface area contributed by atoms with Crippen LogP contribution in [0.4, 0.5) is 0 Å². The van der Waals surface area contributed by atoms with Gasteiger partial charge in [0.15, 0.2) is 0 Å². The number of aryl methyl sites for hydroxylation is 1. The zero-order valence-electron chi connectivity index (χ0n) is 8.99. The Bertz CT molecular complexity index is 376. The van der Waals surface area contributed by atoms with E-state index in [4.69, 9.17) is 5.11 Å². The number of carbonyl (C=O) groups is 1. The molecule has 1 N–H and O–H groups in total. The molecular weight excluding hydrogens is 188 g/mol. The zero-order valence-corrected chi connectivity index (χ0v) is 8.99. The molecule has 2 nitrogen and oxygen atoms in total. The summed E-state index contributed by atoms with van der Waals surface area (Å²) in [5.74, 6) is -0.177. The first kappa shape index (κ1) is 10.2. The first-order chi connectivity index (χ1) is 7.18. The first-order valence-electron chi connectivity index (χ1n) is 5.52. The maximum Gasteiger partial charge on any atom is 0.335 e. The minimum absolute atomic E-state index is 0.397. The van der Waals surface area contributed by atoms with Crippen molar-refractivity contribution in [3.05, 3.63) is 34.9 Å². The number of hydrogen-bond donors (Lipinski definition) is 1. The van der Waals surface area contributed by atoms with Crippen molar-refractivity contribution in [3.63, 3.8) is 0 Å². The van der Waals surface area contributed by atoms with E-state index in [1.165, 1.54) is 31.2 Å². The van der Waals surface area contributed by atoms with Gasteiger partial charge in [-0.05, 0) is 48.9 Å². The van der Waals surface area contributed by atoms with Gasteiger partial charge in [-0.2, -0.15) is 0 Å². The van der Waals surface area contributed by atoms with Gasteiger partial charge < -0.3 is 5.11 Å². The van der Waals surface area contributed by atoms with Crippen LogP contribution in [-0.2, 0) is 0 Å². The monoisotopic (exact) mass is 204 g/mol. The summed E-state index contributed by atoms with van der Waals surface area (Å²) in [6.07, 6.45) is 5.14. The number of aromatic carboxylic acids is 1. The van der Waals surface area contributed by atoms with E-state index < -0.39 is 5.97 Å². The van der Waals surface area contributed by atoms with Crippen LogP contribution in [0.15, 0.2) is 18.2 Å². The molecule has 0 saturated heterocycles. The van der Waals surface area contributed by atoms with Gasteiger partial charge in [0.1, 0.15) is 0 Å². The molecule has 0 aromatic heterocycles. The Morgan fingerprint density at radius 1 is 1.33 bits per heavy atom. The summed E-state index contributed by atoms with van der Waals surface area (Å²) in [4.78, 5) is 10.8. The molecule has 80 valence electrons. The fraction of sp³-hybridized carbons (Fsp3) is 0.462. The fourth-order valence-electron chi connectivity index (χ4n) is 2.50. The van der Waals surface area contributed by atoms with Crippen LogP contribution >= 0.6 is 0 Å². The van der Waals surface area contributed by atoms with Gasteiger partial charge in [-0.3, -0.25) is 0 Å². The molecule has 2 rings (SSSR count). The molecule has 1 fully saturated rings. The van der Waals surface area contributed by atoms with Gasteiger partial charge >= 0.3 is 5.97 Å². The highest BCUT2D eigenvalue weighted by Gasteiger charge is 2.19. The standard InChI is InChI=1S/C13H16O2/c1-9-8-11(13(14)15)6-7-12(9)10-4-2-3-5-10/h6-8,10H,2-5H2,1H3,(H,14,15). The van der Waals surface area contributed by atoms with Crippen molar-refractivity contribution in [3.8, 4) is 0 Å². The maximum absolute atomic E-state index is 10.8. The molecule has 0 unspecified atom stereocenters. The van der Waals surface area contributed by atoms with Crippen LogP contribution in [0.5, 0.6) is 0 Å². The van der Waals surface area contributed by atoms with E-state index >= 15 is 0 Å². The van der Waals surface area contributed by atoms with Crippen molar-refractivity contribution in [2.24, 2.45) is 0 Å². The summed E-state index contributed by atoms with van der Waals surface area (Å²) >= 11 is 0. The van der Waals surface area contributed by atoms with Crippen LogP contribution in [0.1, 0.15) is 53.1 Å². The van der Waals surface area contributed by atoms with Crippen molar-refractivity contribution >= 4 is 5.97 Å². The SMILES string of the molecule is Cc1cc(C(=O)O)ccc1C1CCCC1. The number of rotatable bonds is 2. The molecule has 1 aromatic carbocycles. The van der Waals surface area contributed by atoms with Crippen molar-refractivity contribution in [2.45, 2.75) is 38.5 Å². The molecule has 0 heterocycles. The average Bonchev–Trinajstić information content (AvgIpc) is 2.70. The van der Waals surface area contributed by atoms with E-state index in [9.17, 15) is 4.79 Å². The van der Waals surface area contributed by atoms with E-state index in [0.29, 0.717) is 11.5 Å². The van der Waals surface area contributed by atoms with Gasteiger partial charge in [-0.1, -0.05) is 18.9 Å². The van der Waals surface area contributed by atoms with Crippen LogP contribution in [0.25, 0.3) is 0 Å². The van der Waals surface area contributed by atoms with Crippen molar-refractivity contribution in [1.82, 2.24) is 0 Å². The summed E-state index contributed by atoms with van der Waals surface area (Å²) in [5.41, 5.74) is 2.87. The third-order valence-electron chi connectivity index (χ3n) is 3.31. The Balaban J connectivity index is 2.29. The Morgan fingerprint density at radius 2 is 2.00 bits per heavy atom. The number of benzene rings is 1. The highest BCUT2D eigenvalue weighted by Crippen LogP contribution is 2.35. The Morgan fingerprint density at radius 3 is 2.53 bits per heavy atom. The zero-order chi connectivity index (χ0) is 10.8. The van der Waals surface area contributed by atoms with Crippen LogP contribution < -0.4 is 0 Å². The third-order valence-corrected chi connectivity index (χ3v) is 3.31. The number of carboxylic acid groups (broad SMARTS) is 1. The Kier molecular flexibility index (Phi) is 2.76. The van der Waals surface area contributed by atoms with Crippen molar-refractivity contribution in [2.75, 3.05) is 0 Å². The van der Waals surface area contributed by atoms with E-state index in [0.717, 1.165) is 5.56 Å². The summed E-state index contributed by atoms with van der Waals surface area (Å²) in [5, 5.41) is 8.87. The molecule has 1 aliphatic rings. The lowest BCUT2D eigenvalue weighted by atomic mass is 9.92. The van der Waals surface area contributed by atoms with Gasteiger partial charge in [0.25, 0.3) is 0 Å². The average molecular weight is 204 g/mol. The third kappa shape index (κ3) is 2.04. The highest BCUT2D eigenvalue weighted by molar-refractivity contribution is 5.87. The van der Waals surface area contributed by atoms with E-state index in [2.05, 4.69) is 0 Å². The van der Waals surface area contributed by atoms with E-state index in [1.54, 1.807) is 12.1 Å². The summed E-state index contributed by atoms with van der Waals surface area (Å²) < 4.78 is 0. The van der Waals surface area contributed by atoms with Gasteiger partial charge in [-0.25, -0.2) is 4.79 Å². The molecule has 0 radical (unpaired) electrons. The molecule has 2 heteroatoms. The normalized spacial score (nSPS) is 16.9. The Hall–Kier alpha value is -1.31. The molecule has 15 heavy (non-hydrogen) atoms. The minimum atomic E-state index is -0.837. The molecule has 0 aliphatic heterocycles.